The fourth-order valence-corrected chi connectivity index (χ4v) is 9.71. The zero-order chi connectivity index (χ0) is 61.9. The first kappa shape index (κ1) is 64.4. The molecule has 0 fully saturated rings. The number of carbonyl (C=O) groups is 11. The van der Waals surface area contributed by atoms with Crippen molar-refractivity contribution in [2.45, 2.75) is 122 Å². The van der Waals surface area contributed by atoms with Gasteiger partial charge in [-0.25, -0.2) is 0 Å². The molecular weight excluding hydrogens is 1090 g/mol. The first-order valence-corrected chi connectivity index (χ1v) is 28.0. The van der Waals surface area contributed by atoms with Gasteiger partial charge >= 0.3 is 11.9 Å². The highest BCUT2D eigenvalue weighted by Gasteiger charge is 2.35. The smallest absolute Gasteiger partial charge is 0.305 e. The number of carboxylic acid groups (broad SMARTS) is 2. The van der Waals surface area contributed by atoms with Gasteiger partial charge in [0.15, 0.2) is 0 Å². The predicted molar refractivity (Wildman–Crippen MR) is 318 cm³/mol. The normalized spacial score (nSPS) is 14.0. The van der Waals surface area contributed by atoms with Crippen molar-refractivity contribution < 1.29 is 63.0 Å². The maximum atomic E-state index is 14.6. The van der Waals surface area contributed by atoms with Crippen molar-refractivity contribution in [2.24, 2.45) is 17.6 Å². The van der Waals surface area contributed by atoms with Crippen molar-refractivity contribution in [1.82, 2.24) is 42.5 Å². The van der Waals surface area contributed by atoms with Crippen LogP contribution >= 0.6 is 0 Å². The van der Waals surface area contributed by atoms with Crippen LogP contribution in [0.4, 0.5) is 0 Å². The number of benzene rings is 6. The summed E-state index contributed by atoms with van der Waals surface area (Å²) in [7, 11) is 0. The van der Waals surface area contributed by atoms with Crippen molar-refractivity contribution >= 4 is 97.4 Å². The van der Waals surface area contributed by atoms with Gasteiger partial charge in [0.1, 0.15) is 42.3 Å². The number of carboxylic acids is 2. The van der Waals surface area contributed by atoms with E-state index in [4.69, 9.17) is 5.73 Å². The molecule has 8 atom stereocenters. The monoisotopic (exact) mass is 1160 g/mol. The molecular formula is C63H73N9O13. The molecule has 85 heavy (non-hydrogen) atoms. The van der Waals surface area contributed by atoms with E-state index in [1.54, 1.807) is 57.2 Å². The number of hydrogen-bond acceptors (Lipinski definition) is 11. The molecule has 0 radical (unpaired) electrons. The van der Waals surface area contributed by atoms with Crippen LogP contribution in [0.3, 0.4) is 0 Å². The van der Waals surface area contributed by atoms with Crippen LogP contribution in [0.15, 0.2) is 127 Å². The lowest BCUT2D eigenvalue weighted by Crippen LogP contribution is -2.60. The third kappa shape index (κ3) is 19.2. The van der Waals surface area contributed by atoms with Crippen LogP contribution in [0.25, 0.3) is 32.3 Å². The minimum Gasteiger partial charge on any atom is -0.481 e. The van der Waals surface area contributed by atoms with E-state index in [0.717, 1.165) is 32.3 Å². The summed E-state index contributed by atoms with van der Waals surface area (Å²) < 4.78 is 0. The molecule has 448 valence electrons. The van der Waals surface area contributed by atoms with Crippen molar-refractivity contribution in [1.29, 1.82) is 0 Å². The lowest BCUT2D eigenvalue weighted by molar-refractivity contribution is -0.141. The average molecular weight is 1160 g/mol. The molecule has 0 aliphatic rings. The second-order valence-corrected chi connectivity index (χ2v) is 21.5. The zero-order valence-corrected chi connectivity index (χ0v) is 47.9. The van der Waals surface area contributed by atoms with Gasteiger partial charge in [-0.15, -0.1) is 0 Å². The number of fused-ring (bicyclic) bond motifs is 3. The molecule has 0 aliphatic carbocycles. The summed E-state index contributed by atoms with van der Waals surface area (Å²) in [6.45, 7) is 7.30. The van der Waals surface area contributed by atoms with E-state index < -0.39 is 139 Å². The average Bonchev–Trinajstić information content (AvgIpc) is 3.67. The Bertz CT molecular complexity index is 3460. The van der Waals surface area contributed by atoms with Crippen LogP contribution in [-0.4, -0.2) is 124 Å². The number of hydrogen-bond donors (Lipinski definition) is 11. The van der Waals surface area contributed by atoms with Gasteiger partial charge in [-0.1, -0.05) is 162 Å². The minimum absolute atomic E-state index is 0.0100. The molecule has 0 unspecified atom stereocenters. The first-order chi connectivity index (χ1) is 40.5. The molecule has 22 heteroatoms. The van der Waals surface area contributed by atoms with Crippen LogP contribution in [0.1, 0.15) is 77.0 Å². The molecule has 22 nitrogen and oxygen atoms in total. The van der Waals surface area contributed by atoms with Gasteiger partial charge in [0.2, 0.25) is 53.2 Å². The molecule has 6 aromatic rings. The van der Waals surface area contributed by atoms with Crippen LogP contribution in [-0.2, 0) is 72.0 Å². The molecule has 0 aromatic heterocycles. The van der Waals surface area contributed by atoms with E-state index in [-0.39, 0.29) is 25.2 Å². The highest BCUT2D eigenvalue weighted by Crippen LogP contribution is 2.21. The summed E-state index contributed by atoms with van der Waals surface area (Å²) >= 11 is 0. The van der Waals surface area contributed by atoms with Gasteiger partial charge in [0.25, 0.3) is 0 Å². The summed E-state index contributed by atoms with van der Waals surface area (Å²) in [5, 5.41) is 45.3. The Balaban J connectivity index is 1.20. The minimum atomic E-state index is -1.93. The van der Waals surface area contributed by atoms with E-state index in [1.807, 2.05) is 97.9 Å². The van der Waals surface area contributed by atoms with Crippen LogP contribution in [0.5, 0.6) is 0 Å². The Labute approximate surface area is 491 Å². The van der Waals surface area contributed by atoms with Crippen LogP contribution < -0.4 is 48.3 Å². The van der Waals surface area contributed by atoms with Crippen molar-refractivity contribution in [3.8, 4) is 0 Å². The predicted octanol–water partition coefficient (Wildman–Crippen LogP) is 3.23. The summed E-state index contributed by atoms with van der Waals surface area (Å²) in [5.41, 5.74) is 7.50. The van der Waals surface area contributed by atoms with E-state index in [9.17, 15) is 63.0 Å². The fourth-order valence-electron chi connectivity index (χ4n) is 9.71. The van der Waals surface area contributed by atoms with E-state index in [1.165, 1.54) is 6.92 Å². The summed E-state index contributed by atoms with van der Waals surface area (Å²) in [6, 6.07) is 28.4. The molecule has 0 saturated carbocycles. The third-order valence-electron chi connectivity index (χ3n) is 14.5. The van der Waals surface area contributed by atoms with Gasteiger partial charge in [-0.2, -0.15) is 0 Å². The van der Waals surface area contributed by atoms with Crippen molar-refractivity contribution in [3.63, 3.8) is 0 Å². The fraction of sp³-hybridized carbons (Fsp3) is 0.349. The van der Waals surface area contributed by atoms with Crippen molar-refractivity contribution in [2.75, 3.05) is 6.54 Å². The molecule has 6 aromatic carbocycles. The standard InChI is InChI=1S/C63H73N9O13/c1-6-36(4)56(57(64)79)72-61(83)49(31-39-20-23-42-14-8-11-17-45(42)28-39)67-52(74)34-65-63(85)55(35(2)3)71-62(84)50(32-40-21-24-43-15-9-12-18-46(43)29-40)69-60(82)51(33-54(77)78)70-58(80)47(25-26-53(75)76)68-59(81)48(66-37(5)73)30-38-19-22-41-13-7-10-16-44(41)27-38/h7-24,27-29,35-36,47-51,55-56H,6,25-26,30-34H2,1-5H3,(H2,64,79)(H,65,85)(H,66,73)(H,67,74)(H,68,81)(H,69,82)(H,70,80)(H,71,84)(H,72,83)(H,75,76)(H,77,78)/t36-,47-,48-,49-,50-,51-,55-,56-/m0/s1. The molecule has 0 heterocycles. The maximum absolute atomic E-state index is 14.6. The first-order valence-electron chi connectivity index (χ1n) is 28.0. The highest BCUT2D eigenvalue weighted by molar-refractivity contribution is 5.99. The number of primary amides is 1. The van der Waals surface area contributed by atoms with E-state index in [2.05, 4.69) is 42.5 Å². The summed E-state index contributed by atoms with van der Waals surface area (Å²) in [5.74, 6) is -11.7. The Kier molecular flexibility index (Phi) is 23.1. The lowest BCUT2D eigenvalue weighted by Gasteiger charge is -2.28. The number of amides is 9. The number of aliphatic carboxylic acids is 2. The molecule has 0 spiro atoms. The second kappa shape index (κ2) is 30.5. The molecule has 0 aliphatic heterocycles. The molecule has 6 rings (SSSR count). The number of nitrogens with one attached hydrogen (secondary N) is 8. The van der Waals surface area contributed by atoms with E-state index in [0.29, 0.717) is 23.1 Å². The lowest BCUT2D eigenvalue weighted by atomic mass is 9.97. The van der Waals surface area contributed by atoms with Gasteiger partial charge in [0, 0.05) is 32.6 Å². The number of rotatable bonds is 30. The maximum Gasteiger partial charge on any atom is 0.305 e. The second-order valence-electron chi connectivity index (χ2n) is 21.5. The SMILES string of the molecule is CC[C@H](C)[C@H](NC(=O)[C@H](Cc1ccc2ccccc2c1)NC(=O)CNC(=O)[C@@H](NC(=O)[C@H](Cc1ccc2ccccc2c1)NC(=O)[C@H](CC(=O)O)NC(=O)[C@H](CCC(=O)O)NC(=O)[C@H](Cc1ccc2ccccc2c1)NC(C)=O)C(C)C)C(N)=O. The topological polar surface area (TPSA) is 350 Å². The summed E-state index contributed by atoms with van der Waals surface area (Å²) in [4.78, 5) is 148. The third-order valence-corrected chi connectivity index (χ3v) is 14.5. The Morgan fingerprint density at radius 1 is 0.447 bits per heavy atom. The van der Waals surface area contributed by atoms with Crippen molar-refractivity contribution in [3.05, 3.63) is 144 Å². The number of nitrogens with two attached hydrogens (primary N) is 1. The quantitative estimate of drug-likeness (QED) is 0.0309. The van der Waals surface area contributed by atoms with Crippen LogP contribution in [0, 0.1) is 11.8 Å². The highest BCUT2D eigenvalue weighted by atomic mass is 16.4. The zero-order valence-electron chi connectivity index (χ0n) is 47.9. The Hall–Kier alpha value is -9.73. The Morgan fingerprint density at radius 3 is 1.26 bits per heavy atom. The number of carbonyl (C=O) groups excluding carboxylic acids is 9. The molecule has 0 saturated heterocycles. The molecule has 9 amide bonds. The molecule has 12 N–H and O–H groups in total. The van der Waals surface area contributed by atoms with Gasteiger partial charge in [-0.3, -0.25) is 52.7 Å². The summed E-state index contributed by atoms with van der Waals surface area (Å²) in [6.07, 6.45) is -2.02. The van der Waals surface area contributed by atoms with Gasteiger partial charge < -0.3 is 58.5 Å². The van der Waals surface area contributed by atoms with Crippen LogP contribution in [0.2, 0.25) is 0 Å². The van der Waals surface area contributed by atoms with E-state index >= 15 is 0 Å². The molecule has 0 bridgehead atoms. The largest absolute Gasteiger partial charge is 0.481 e. The van der Waals surface area contributed by atoms with Gasteiger partial charge in [0.05, 0.1) is 13.0 Å². The van der Waals surface area contributed by atoms with Gasteiger partial charge in [-0.05, 0) is 67.3 Å². The Morgan fingerprint density at radius 2 is 0.835 bits per heavy atom.